The second-order valence-corrected chi connectivity index (χ2v) is 5.77. The molecule has 2 rings (SSSR count). The number of rotatable bonds is 7. The Bertz CT molecular complexity index is 714. The summed E-state index contributed by atoms with van der Waals surface area (Å²) in [5.41, 5.74) is 0.958. The second kappa shape index (κ2) is 8.27. The third kappa shape index (κ3) is 4.56. The third-order valence-electron chi connectivity index (χ3n) is 3.88. The molecule has 0 aromatic heterocycles. The van der Waals surface area contributed by atoms with Crippen molar-refractivity contribution in [3.05, 3.63) is 51.2 Å². The minimum absolute atomic E-state index is 0.112. The summed E-state index contributed by atoms with van der Waals surface area (Å²) in [6, 6.07) is 4.56. The Labute approximate surface area is 145 Å². The topological polar surface area (TPSA) is 111 Å². The summed E-state index contributed by atoms with van der Waals surface area (Å²) in [5, 5.41) is 16.2. The van der Waals surface area contributed by atoms with Crippen LogP contribution in [0.1, 0.15) is 44.7 Å². The number of nitro benzene ring substituents is 1. The molecule has 0 saturated carbocycles. The third-order valence-corrected chi connectivity index (χ3v) is 3.88. The van der Waals surface area contributed by atoms with Crippen molar-refractivity contribution < 1.29 is 19.2 Å². The van der Waals surface area contributed by atoms with E-state index in [1.54, 1.807) is 13.0 Å². The number of unbranched alkanes of at least 4 members (excludes halogenated alkanes) is 2. The SMILES string of the molecule is CCCCCOC(=O)C1=C(C)NC(=O)N[C@@H]1c1cccc([N+](=O)[O-])c1. The van der Waals surface area contributed by atoms with E-state index in [9.17, 15) is 19.7 Å². The van der Waals surface area contributed by atoms with E-state index in [1.807, 2.05) is 6.92 Å². The molecule has 2 N–H and O–H groups in total. The molecule has 0 saturated heterocycles. The lowest BCUT2D eigenvalue weighted by molar-refractivity contribution is -0.384. The standard InChI is InChI=1S/C17H21N3O5/c1-3-4-5-9-25-16(21)14-11(2)18-17(22)19-15(14)12-7-6-8-13(10-12)20(23)24/h6-8,10,15H,3-5,9H2,1-2H3,(H2,18,19,22)/t15-/m1/s1. The number of amides is 2. The first-order valence-electron chi connectivity index (χ1n) is 8.13. The number of ether oxygens (including phenoxy) is 1. The largest absolute Gasteiger partial charge is 0.462 e. The molecule has 1 atom stereocenters. The number of benzene rings is 1. The molecule has 0 fully saturated rings. The van der Waals surface area contributed by atoms with Crippen molar-refractivity contribution in [2.45, 2.75) is 39.2 Å². The maximum absolute atomic E-state index is 12.5. The zero-order chi connectivity index (χ0) is 18.4. The zero-order valence-electron chi connectivity index (χ0n) is 14.2. The average molecular weight is 347 g/mol. The molecule has 8 nitrogen and oxygen atoms in total. The van der Waals surface area contributed by atoms with Gasteiger partial charge in [-0.25, -0.2) is 9.59 Å². The number of carbonyl (C=O) groups excluding carboxylic acids is 2. The first-order valence-corrected chi connectivity index (χ1v) is 8.13. The highest BCUT2D eigenvalue weighted by molar-refractivity contribution is 5.95. The van der Waals surface area contributed by atoms with Crippen molar-refractivity contribution in [3.8, 4) is 0 Å². The minimum atomic E-state index is -0.799. The number of non-ortho nitro benzene ring substituents is 1. The molecule has 25 heavy (non-hydrogen) atoms. The highest BCUT2D eigenvalue weighted by atomic mass is 16.6. The van der Waals surface area contributed by atoms with Crippen LogP contribution in [0, 0.1) is 10.1 Å². The maximum Gasteiger partial charge on any atom is 0.338 e. The Balaban J connectivity index is 2.29. The summed E-state index contributed by atoms with van der Waals surface area (Å²) in [6.07, 6.45) is 2.72. The molecule has 8 heteroatoms. The van der Waals surface area contributed by atoms with E-state index in [4.69, 9.17) is 4.74 Å². The quantitative estimate of drug-likeness (QED) is 0.341. The highest BCUT2D eigenvalue weighted by Gasteiger charge is 2.32. The van der Waals surface area contributed by atoms with Gasteiger partial charge in [0.15, 0.2) is 0 Å². The van der Waals surface area contributed by atoms with Crippen LogP contribution in [0.25, 0.3) is 0 Å². The van der Waals surface area contributed by atoms with Crippen LogP contribution >= 0.6 is 0 Å². The van der Waals surface area contributed by atoms with Crippen LogP contribution < -0.4 is 10.6 Å². The van der Waals surface area contributed by atoms with Crippen LogP contribution in [0.4, 0.5) is 10.5 Å². The van der Waals surface area contributed by atoms with Gasteiger partial charge in [-0.15, -0.1) is 0 Å². The van der Waals surface area contributed by atoms with Gasteiger partial charge in [0.25, 0.3) is 5.69 Å². The monoisotopic (exact) mass is 347 g/mol. The fourth-order valence-corrected chi connectivity index (χ4v) is 2.63. The van der Waals surface area contributed by atoms with Crippen molar-refractivity contribution in [2.75, 3.05) is 6.61 Å². The van der Waals surface area contributed by atoms with Gasteiger partial charge in [0.2, 0.25) is 0 Å². The molecule has 1 aromatic carbocycles. The Kier molecular flexibility index (Phi) is 6.10. The van der Waals surface area contributed by atoms with Gasteiger partial charge in [-0.1, -0.05) is 31.9 Å². The molecule has 1 aliphatic rings. The van der Waals surface area contributed by atoms with Gasteiger partial charge in [-0.2, -0.15) is 0 Å². The number of esters is 1. The number of nitrogens with one attached hydrogen (secondary N) is 2. The van der Waals surface area contributed by atoms with Gasteiger partial charge >= 0.3 is 12.0 Å². The van der Waals surface area contributed by atoms with Gasteiger partial charge in [-0.05, 0) is 18.9 Å². The van der Waals surface area contributed by atoms with Gasteiger partial charge in [0.1, 0.15) is 0 Å². The summed E-state index contributed by atoms with van der Waals surface area (Å²) in [4.78, 5) is 34.7. The molecule has 0 unspecified atom stereocenters. The van der Waals surface area contributed by atoms with Crippen LogP contribution in [0.15, 0.2) is 35.5 Å². The van der Waals surface area contributed by atoms with Gasteiger partial charge in [0.05, 0.1) is 23.1 Å². The molecule has 1 aliphatic heterocycles. The summed E-state index contributed by atoms with van der Waals surface area (Å²) < 4.78 is 5.30. The molecular weight excluding hydrogens is 326 g/mol. The van der Waals surface area contributed by atoms with E-state index in [-0.39, 0.29) is 11.3 Å². The van der Waals surface area contributed by atoms with Crippen molar-refractivity contribution in [1.29, 1.82) is 0 Å². The maximum atomic E-state index is 12.5. The predicted octanol–water partition coefficient (Wildman–Crippen LogP) is 2.96. The first kappa shape index (κ1) is 18.4. The van der Waals surface area contributed by atoms with Crippen LogP contribution in [-0.4, -0.2) is 23.5 Å². The summed E-state index contributed by atoms with van der Waals surface area (Å²) in [7, 11) is 0. The Morgan fingerprint density at radius 3 is 2.80 bits per heavy atom. The summed E-state index contributed by atoms with van der Waals surface area (Å²) in [5.74, 6) is -0.544. The summed E-state index contributed by atoms with van der Waals surface area (Å²) in [6.45, 7) is 3.94. The number of hydrogen-bond acceptors (Lipinski definition) is 5. The number of urea groups is 1. The van der Waals surface area contributed by atoms with Gasteiger partial charge in [-0.3, -0.25) is 10.1 Å². The number of carbonyl (C=O) groups is 2. The van der Waals surface area contributed by atoms with Crippen LogP contribution in [0.5, 0.6) is 0 Å². The number of nitrogens with zero attached hydrogens (tertiary/aromatic N) is 1. The lowest BCUT2D eigenvalue weighted by Gasteiger charge is -2.28. The molecule has 0 bridgehead atoms. The summed E-state index contributed by atoms with van der Waals surface area (Å²) >= 11 is 0. The number of allylic oxidation sites excluding steroid dienone is 1. The molecule has 0 spiro atoms. The zero-order valence-corrected chi connectivity index (χ0v) is 14.2. The molecule has 0 aliphatic carbocycles. The number of nitro groups is 1. The van der Waals surface area contributed by atoms with E-state index < -0.39 is 23.0 Å². The van der Waals surface area contributed by atoms with E-state index in [2.05, 4.69) is 10.6 Å². The second-order valence-electron chi connectivity index (χ2n) is 5.77. The van der Waals surface area contributed by atoms with Crippen molar-refractivity contribution in [1.82, 2.24) is 10.6 Å². The van der Waals surface area contributed by atoms with Gasteiger partial charge < -0.3 is 15.4 Å². The lowest BCUT2D eigenvalue weighted by Crippen LogP contribution is -2.45. The highest BCUT2D eigenvalue weighted by Crippen LogP contribution is 2.29. The first-order chi connectivity index (χ1) is 11.9. The Morgan fingerprint density at radius 2 is 2.12 bits per heavy atom. The molecule has 2 amide bonds. The molecule has 0 radical (unpaired) electrons. The van der Waals surface area contributed by atoms with E-state index in [1.165, 1.54) is 18.2 Å². The smallest absolute Gasteiger partial charge is 0.338 e. The molecule has 1 aromatic rings. The van der Waals surface area contributed by atoms with Crippen LogP contribution in [0.2, 0.25) is 0 Å². The van der Waals surface area contributed by atoms with Crippen molar-refractivity contribution in [2.24, 2.45) is 0 Å². The average Bonchev–Trinajstić information content (AvgIpc) is 2.58. The Hall–Kier alpha value is -2.90. The van der Waals surface area contributed by atoms with Crippen LogP contribution in [-0.2, 0) is 9.53 Å². The Morgan fingerprint density at radius 1 is 1.36 bits per heavy atom. The number of hydrogen-bond donors (Lipinski definition) is 2. The molecular formula is C17H21N3O5. The van der Waals surface area contributed by atoms with Crippen molar-refractivity contribution >= 4 is 17.7 Å². The fraction of sp³-hybridized carbons (Fsp3) is 0.412. The predicted molar refractivity (Wildman–Crippen MR) is 90.7 cm³/mol. The lowest BCUT2D eigenvalue weighted by atomic mass is 9.95. The van der Waals surface area contributed by atoms with Crippen LogP contribution in [0.3, 0.4) is 0 Å². The fourth-order valence-electron chi connectivity index (χ4n) is 2.63. The molecule has 134 valence electrons. The van der Waals surface area contributed by atoms with E-state index in [0.717, 1.165) is 19.3 Å². The van der Waals surface area contributed by atoms with E-state index >= 15 is 0 Å². The van der Waals surface area contributed by atoms with E-state index in [0.29, 0.717) is 17.9 Å². The normalized spacial score (nSPS) is 16.9. The molecule has 1 heterocycles. The minimum Gasteiger partial charge on any atom is -0.462 e. The van der Waals surface area contributed by atoms with Gasteiger partial charge in [0, 0.05) is 17.8 Å². The van der Waals surface area contributed by atoms with Crippen molar-refractivity contribution in [3.63, 3.8) is 0 Å².